The zero-order valence-corrected chi connectivity index (χ0v) is 11.9. The molecule has 1 aliphatic rings. The van der Waals surface area contributed by atoms with Crippen LogP contribution in [-0.2, 0) is 6.42 Å². The highest BCUT2D eigenvalue weighted by Crippen LogP contribution is 2.35. The van der Waals surface area contributed by atoms with E-state index in [0.29, 0.717) is 17.5 Å². The molecule has 2 heteroatoms. The summed E-state index contributed by atoms with van der Waals surface area (Å²) in [7, 11) is 0. The fourth-order valence-corrected chi connectivity index (χ4v) is 3.09. The summed E-state index contributed by atoms with van der Waals surface area (Å²) in [5.41, 5.74) is 1.15. The lowest BCUT2D eigenvalue weighted by Gasteiger charge is -2.23. The average molecular weight is 266 g/mol. The van der Waals surface area contributed by atoms with E-state index in [0.717, 1.165) is 44.9 Å². The largest absolute Gasteiger partial charge is 0.203 e. The van der Waals surface area contributed by atoms with Gasteiger partial charge in [0.25, 0.3) is 0 Å². The van der Waals surface area contributed by atoms with Gasteiger partial charge in [-0.25, -0.2) is 8.78 Å². The van der Waals surface area contributed by atoms with Crippen molar-refractivity contribution in [3.63, 3.8) is 0 Å². The number of hydrogen-bond acceptors (Lipinski definition) is 0. The zero-order valence-electron chi connectivity index (χ0n) is 11.9. The van der Waals surface area contributed by atoms with Crippen molar-refractivity contribution in [3.05, 3.63) is 34.9 Å². The summed E-state index contributed by atoms with van der Waals surface area (Å²) in [5.74, 6) is -0.951. The number of aryl methyl sites for hydroxylation is 1. The van der Waals surface area contributed by atoms with Gasteiger partial charge in [0.1, 0.15) is 0 Å². The Bertz CT molecular complexity index is 406. The lowest BCUT2D eigenvalue weighted by atomic mass is 9.83. The van der Waals surface area contributed by atoms with Crippen LogP contribution < -0.4 is 0 Å². The van der Waals surface area contributed by atoms with Crippen molar-refractivity contribution in [2.75, 3.05) is 0 Å². The van der Waals surface area contributed by atoms with Gasteiger partial charge in [-0.15, -0.1) is 0 Å². The molecule has 0 saturated heterocycles. The third kappa shape index (κ3) is 3.55. The molecule has 0 unspecified atom stereocenters. The minimum atomic E-state index is -0.598. The Hall–Kier alpha value is -0.920. The van der Waals surface area contributed by atoms with Gasteiger partial charge in [0.05, 0.1) is 0 Å². The molecule has 0 aromatic heterocycles. The SMILES string of the molecule is CCCCCc1ccc(C2CCCCC2)c(F)c1F. The average Bonchev–Trinajstić information content (AvgIpc) is 2.45. The molecular formula is C17H24F2. The second-order valence-corrected chi connectivity index (χ2v) is 5.73. The van der Waals surface area contributed by atoms with Crippen LogP contribution in [-0.4, -0.2) is 0 Å². The summed E-state index contributed by atoms with van der Waals surface area (Å²) >= 11 is 0. The lowest BCUT2D eigenvalue weighted by molar-refractivity contribution is 0.415. The molecule has 19 heavy (non-hydrogen) atoms. The van der Waals surface area contributed by atoms with Crippen LogP contribution in [0.1, 0.15) is 75.3 Å². The van der Waals surface area contributed by atoms with Gasteiger partial charge in [0.2, 0.25) is 0 Å². The minimum absolute atomic E-state index is 0.230. The normalized spacial score (nSPS) is 16.8. The van der Waals surface area contributed by atoms with Gasteiger partial charge in [-0.2, -0.15) is 0 Å². The van der Waals surface area contributed by atoms with E-state index in [1.807, 2.05) is 6.07 Å². The molecular weight excluding hydrogens is 242 g/mol. The fourth-order valence-electron chi connectivity index (χ4n) is 3.09. The Morgan fingerprint density at radius 3 is 2.42 bits per heavy atom. The first-order valence-corrected chi connectivity index (χ1v) is 7.70. The van der Waals surface area contributed by atoms with Crippen LogP contribution in [0, 0.1) is 11.6 Å². The van der Waals surface area contributed by atoms with Crippen molar-refractivity contribution in [2.24, 2.45) is 0 Å². The predicted octanol–water partition coefficient (Wildman–Crippen LogP) is 5.75. The highest BCUT2D eigenvalue weighted by Gasteiger charge is 2.22. The topological polar surface area (TPSA) is 0 Å². The summed E-state index contributed by atoms with van der Waals surface area (Å²) in [6, 6.07) is 3.63. The van der Waals surface area contributed by atoms with Gasteiger partial charge < -0.3 is 0 Å². The van der Waals surface area contributed by atoms with Crippen LogP contribution in [0.15, 0.2) is 12.1 Å². The minimum Gasteiger partial charge on any atom is -0.203 e. The third-order valence-corrected chi connectivity index (χ3v) is 4.29. The van der Waals surface area contributed by atoms with E-state index in [4.69, 9.17) is 0 Å². The molecule has 1 fully saturated rings. The number of halogens is 2. The van der Waals surface area contributed by atoms with Crippen molar-refractivity contribution < 1.29 is 8.78 Å². The smallest absolute Gasteiger partial charge is 0.162 e. The summed E-state index contributed by atoms with van der Waals surface area (Å²) in [6.45, 7) is 2.11. The first-order chi connectivity index (χ1) is 9.24. The molecule has 1 aliphatic carbocycles. The van der Waals surface area contributed by atoms with Crippen molar-refractivity contribution in [1.82, 2.24) is 0 Å². The monoisotopic (exact) mass is 266 g/mol. The van der Waals surface area contributed by atoms with Gasteiger partial charge in [0, 0.05) is 0 Å². The Morgan fingerprint density at radius 2 is 1.74 bits per heavy atom. The molecule has 0 radical (unpaired) electrons. The maximum absolute atomic E-state index is 14.2. The molecule has 0 amide bonds. The number of hydrogen-bond donors (Lipinski definition) is 0. The summed E-state index contributed by atoms with van der Waals surface area (Å²) in [6.07, 6.45) is 9.30. The van der Waals surface area contributed by atoms with Crippen molar-refractivity contribution >= 4 is 0 Å². The molecule has 1 aromatic carbocycles. The molecule has 1 saturated carbocycles. The van der Waals surface area contributed by atoms with Crippen LogP contribution in [0.4, 0.5) is 8.78 Å². The van der Waals surface area contributed by atoms with Crippen molar-refractivity contribution in [2.45, 2.75) is 70.6 Å². The zero-order chi connectivity index (χ0) is 13.7. The van der Waals surface area contributed by atoms with E-state index in [-0.39, 0.29) is 5.92 Å². The molecule has 0 bridgehead atoms. The maximum Gasteiger partial charge on any atom is 0.162 e. The highest BCUT2D eigenvalue weighted by atomic mass is 19.2. The quantitative estimate of drug-likeness (QED) is 0.596. The van der Waals surface area contributed by atoms with Crippen LogP contribution in [0.3, 0.4) is 0 Å². The van der Waals surface area contributed by atoms with Crippen LogP contribution in [0.2, 0.25) is 0 Å². The Balaban J connectivity index is 2.11. The Labute approximate surface area is 115 Å². The van der Waals surface area contributed by atoms with E-state index in [1.54, 1.807) is 6.07 Å². The molecule has 0 spiro atoms. The van der Waals surface area contributed by atoms with E-state index in [9.17, 15) is 8.78 Å². The lowest BCUT2D eigenvalue weighted by Crippen LogP contribution is -2.09. The third-order valence-electron chi connectivity index (χ3n) is 4.29. The van der Waals surface area contributed by atoms with Gasteiger partial charge in [-0.3, -0.25) is 0 Å². The number of unbranched alkanes of at least 4 members (excludes halogenated alkanes) is 2. The van der Waals surface area contributed by atoms with E-state index in [1.165, 1.54) is 6.42 Å². The summed E-state index contributed by atoms with van der Waals surface area (Å²) < 4.78 is 28.3. The standard InChI is InChI=1S/C17H24F2/c1-2-3-5-10-14-11-12-15(17(19)16(14)18)13-8-6-4-7-9-13/h11-13H,2-10H2,1H3. The first kappa shape index (κ1) is 14.5. The second kappa shape index (κ2) is 7.02. The fraction of sp³-hybridized carbons (Fsp3) is 0.647. The second-order valence-electron chi connectivity index (χ2n) is 5.73. The van der Waals surface area contributed by atoms with Crippen LogP contribution in [0.25, 0.3) is 0 Å². The van der Waals surface area contributed by atoms with E-state index >= 15 is 0 Å². The van der Waals surface area contributed by atoms with E-state index in [2.05, 4.69) is 6.92 Å². The molecule has 2 rings (SSSR count). The van der Waals surface area contributed by atoms with Crippen molar-refractivity contribution in [3.8, 4) is 0 Å². The summed E-state index contributed by atoms with van der Waals surface area (Å²) in [4.78, 5) is 0. The number of rotatable bonds is 5. The molecule has 106 valence electrons. The molecule has 0 N–H and O–H groups in total. The summed E-state index contributed by atoms with van der Waals surface area (Å²) in [5, 5.41) is 0. The van der Waals surface area contributed by atoms with Gasteiger partial charge in [0.15, 0.2) is 11.6 Å². The van der Waals surface area contributed by atoms with Gasteiger partial charge in [-0.05, 0) is 42.7 Å². The molecule has 0 atom stereocenters. The van der Waals surface area contributed by atoms with E-state index < -0.39 is 11.6 Å². The maximum atomic E-state index is 14.2. The first-order valence-electron chi connectivity index (χ1n) is 7.70. The molecule has 0 nitrogen and oxygen atoms in total. The highest BCUT2D eigenvalue weighted by molar-refractivity contribution is 5.29. The van der Waals surface area contributed by atoms with Gasteiger partial charge >= 0.3 is 0 Å². The predicted molar refractivity (Wildman–Crippen MR) is 75.4 cm³/mol. The number of benzene rings is 1. The van der Waals surface area contributed by atoms with Crippen molar-refractivity contribution in [1.29, 1.82) is 0 Å². The van der Waals surface area contributed by atoms with Gasteiger partial charge in [-0.1, -0.05) is 51.2 Å². The van der Waals surface area contributed by atoms with Crippen LogP contribution >= 0.6 is 0 Å². The Kier molecular flexibility index (Phi) is 5.35. The molecule has 0 heterocycles. The molecule has 0 aliphatic heterocycles. The molecule has 1 aromatic rings. The van der Waals surface area contributed by atoms with Crippen LogP contribution in [0.5, 0.6) is 0 Å². The Morgan fingerprint density at radius 1 is 1.00 bits per heavy atom.